The first-order valence-corrected chi connectivity index (χ1v) is 27.5. The third-order valence-corrected chi connectivity index (χ3v) is 13.8. The van der Waals surface area contributed by atoms with Crippen LogP contribution in [0.2, 0.25) is 0 Å². The molecule has 0 spiro atoms. The predicted octanol–water partition coefficient (Wildman–Crippen LogP) is 17.8. The van der Waals surface area contributed by atoms with Gasteiger partial charge in [0.1, 0.15) is 0 Å². The van der Waals surface area contributed by atoms with Gasteiger partial charge in [-0.25, -0.2) is 0 Å². The molecule has 0 atom stereocenters. The third-order valence-electron chi connectivity index (χ3n) is 13.8. The van der Waals surface area contributed by atoms with E-state index in [-0.39, 0.29) is 14.9 Å². The Balaban J connectivity index is 0.000000199. The summed E-state index contributed by atoms with van der Waals surface area (Å²) in [6, 6.07) is 55.2. The Morgan fingerprint density at radius 2 is 0.656 bits per heavy atom. The molecule has 0 unspecified atom stereocenters. The Morgan fingerprint density at radius 1 is 0.391 bits per heavy atom. The van der Waals surface area contributed by atoms with E-state index in [1.54, 1.807) is 0 Å². The first-order chi connectivity index (χ1) is 30.3. The zero-order valence-corrected chi connectivity index (χ0v) is 43.0. The van der Waals surface area contributed by atoms with Crippen molar-refractivity contribution >= 4 is 28.4 Å². The van der Waals surface area contributed by atoms with Crippen LogP contribution in [0.4, 0.5) is 0 Å². The van der Waals surface area contributed by atoms with Gasteiger partial charge >= 0.3 is 30.2 Å². The van der Waals surface area contributed by atoms with Crippen molar-refractivity contribution in [3.05, 3.63) is 194 Å². The number of benzene rings is 6. The maximum atomic E-state index is 3.06. The molecular formula is C62H68SiZr-4. The molecule has 8 aromatic rings. The van der Waals surface area contributed by atoms with Crippen LogP contribution in [0, 0.1) is 54.4 Å². The van der Waals surface area contributed by atoms with E-state index in [9.17, 15) is 0 Å². The van der Waals surface area contributed by atoms with Crippen molar-refractivity contribution in [1.29, 1.82) is 0 Å². The molecule has 0 nitrogen and oxygen atoms in total. The minimum atomic E-state index is 0. The number of rotatable bonds is 8. The van der Waals surface area contributed by atoms with Crippen LogP contribution in [0.1, 0.15) is 97.6 Å². The summed E-state index contributed by atoms with van der Waals surface area (Å²) in [5, 5.41) is 5.62. The fourth-order valence-electron chi connectivity index (χ4n) is 10.3. The van der Waals surface area contributed by atoms with Gasteiger partial charge in [-0.2, -0.15) is 12.1 Å². The molecule has 2 fully saturated rings. The Morgan fingerprint density at radius 3 is 0.953 bits per heavy atom. The van der Waals surface area contributed by atoms with Gasteiger partial charge in [0.25, 0.3) is 0 Å². The van der Waals surface area contributed by atoms with E-state index in [0.717, 1.165) is 11.8 Å². The molecule has 2 heteroatoms. The molecule has 0 saturated heterocycles. The molecule has 0 heterocycles. The molecule has 2 aliphatic rings. The summed E-state index contributed by atoms with van der Waals surface area (Å²) in [6.07, 6.45) is 16.6. The van der Waals surface area contributed by atoms with Gasteiger partial charge in [0.2, 0.25) is 0 Å². The van der Waals surface area contributed by atoms with E-state index in [1.165, 1.54) is 200 Å². The summed E-state index contributed by atoms with van der Waals surface area (Å²) in [6.45, 7) is 11.7. The topological polar surface area (TPSA) is 0 Å². The molecule has 64 heavy (non-hydrogen) atoms. The second kappa shape index (κ2) is 23.2. The molecule has 10 rings (SSSR count). The van der Waals surface area contributed by atoms with Crippen LogP contribution in [0.3, 0.4) is 0 Å². The second-order valence-electron chi connectivity index (χ2n) is 18.6. The van der Waals surface area contributed by atoms with E-state index in [1.807, 2.05) is 0 Å². The van der Waals surface area contributed by atoms with Crippen molar-refractivity contribution in [2.45, 2.75) is 105 Å². The van der Waals surface area contributed by atoms with E-state index < -0.39 is 0 Å². The fraction of sp³-hybridized carbons (Fsp3) is 0.290. The van der Waals surface area contributed by atoms with Crippen LogP contribution in [0.15, 0.2) is 146 Å². The van der Waals surface area contributed by atoms with Crippen LogP contribution in [0.5, 0.6) is 0 Å². The molecule has 0 amide bonds. The number of aryl methyl sites for hydroxylation is 4. The average Bonchev–Trinajstić information content (AvgIpc) is 3.93. The summed E-state index contributed by atoms with van der Waals surface area (Å²) >= 11 is 1.36. The molecule has 2 saturated carbocycles. The SMILES string of the molecule is Cc1ccc(-c2ccc(-c3ccc(C)cc3)c3[cH-]c(CC4CCCCC4)cc23)cc1.Cc1ccc(-c2ccc(-c3ccc(C)cc3)c3[cH-]c(CC4CCCCC4)cc23)cc1.[CH3-].[CH3-].[Si]=[Zr]. The minimum absolute atomic E-state index is 0. The van der Waals surface area contributed by atoms with Crippen LogP contribution >= 0.6 is 0 Å². The molecule has 0 aromatic heterocycles. The van der Waals surface area contributed by atoms with Crippen LogP contribution in [-0.2, 0) is 36.2 Å². The van der Waals surface area contributed by atoms with Crippen LogP contribution in [0.25, 0.3) is 66.1 Å². The summed E-state index contributed by atoms with van der Waals surface area (Å²) in [5.74, 6) is 1.72. The number of hydrogen-bond acceptors (Lipinski definition) is 0. The van der Waals surface area contributed by atoms with E-state index in [0.29, 0.717) is 0 Å². The van der Waals surface area contributed by atoms with Crippen LogP contribution < -0.4 is 0 Å². The van der Waals surface area contributed by atoms with Gasteiger partial charge in [-0.05, 0) is 63.5 Å². The summed E-state index contributed by atoms with van der Waals surface area (Å²) in [5.41, 5.74) is 19.0. The van der Waals surface area contributed by atoms with Gasteiger partial charge in [0.15, 0.2) is 0 Å². The Kier molecular flexibility index (Phi) is 17.8. The number of fused-ring (bicyclic) bond motifs is 2. The van der Waals surface area contributed by atoms with Crippen molar-refractivity contribution in [2.24, 2.45) is 11.8 Å². The first-order valence-electron chi connectivity index (χ1n) is 23.3. The van der Waals surface area contributed by atoms with Gasteiger partial charge in [-0.15, -0.1) is 44.8 Å². The van der Waals surface area contributed by atoms with Gasteiger partial charge < -0.3 is 14.9 Å². The van der Waals surface area contributed by atoms with Crippen molar-refractivity contribution in [3.8, 4) is 44.5 Å². The zero-order chi connectivity index (χ0) is 43.0. The van der Waals surface area contributed by atoms with Gasteiger partial charge in [0, 0.05) is 0 Å². The standard InChI is InChI=1S/2C30H31.2CH3.Si.Zr/c2*1-21-8-12-25(13-9-21)27-16-17-28(26-14-10-22(2)11-15-26)30-20-24(19-29(27)30)18-23-6-4-3-5-7-23;;;;/h2*8-17,19-20,23H,3-7,18H2,1-2H3;2*1H3;;/q4*-1;;. The normalized spacial score (nSPS) is 14.1. The summed E-state index contributed by atoms with van der Waals surface area (Å²) in [4.78, 5) is 0. The summed E-state index contributed by atoms with van der Waals surface area (Å²) < 4.78 is 0. The van der Waals surface area contributed by atoms with Crippen LogP contribution in [-0.4, -0.2) is 6.88 Å². The van der Waals surface area contributed by atoms with E-state index >= 15 is 0 Å². The number of hydrogen-bond donors (Lipinski definition) is 0. The molecule has 328 valence electrons. The van der Waals surface area contributed by atoms with Crippen molar-refractivity contribution in [1.82, 2.24) is 0 Å². The van der Waals surface area contributed by atoms with Gasteiger partial charge in [-0.1, -0.05) is 241 Å². The van der Waals surface area contributed by atoms with Crippen molar-refractivity contribution in [2.75, 3.05) is 0 Å². The molecule has 0 aliphatic heterocycles. The fourth-order valence-corrected chi connectivity index (χ4v) is 10.3. The van der Waals surface area contributed by atoms with Crippen molar-refractivity contribution < 1.29 is 23.3 Å². The Hall–Kier alpha value is -4.36. The third kappa shape index (κ3) is 11.7. The van der Waals surface area contributed by atoms with E-state index in [4.69, 9.17) is 0 Å². The molecule has 2 aliphatic carbocycles. The Bertz CT molecular complexity index is 2320. The first kappa shape index (κ1) is 49.1. The Labute approximate surface area is 403 Å². The van der Waals surface area contributed by atoms with Gasteiger partial charge in [-0.3, -0.25) is 0 Å². The van der Waals surface area contributed by atoms with Crippen molar-refractivity contribution in [3.63, 3.8) is 0 Å². The molecule has 0 N–H and O–H groups in total. The van der Waals surface area contributed by atoms with Gasteiger partial charge in [0.05, 0.1) is 0 Å². The molecular weight excluding hydrogens is 864 g/mol. The average molecular weight is 933 g/mol. The zero-order valence-electron chi connectivity index (χ0n) is 39.5. The maximum absolute atomic E-state index is 3.06. The molecule has 8 aromatic carbocycles. The van der Waals surface area contributed by atoms with E-state index in [2.05, 4.69) is 180 Å². The quantitative estimate of drug-likeness (QED) is 0.105. The second-order valence-corrected chi connectivity index (χ2v) is 18.6. The molecule has 2 radical (unpaired) electrons. The predicted molar refractivity (Wildman–Crippen MR) is 279 cm³/mol. The molecule has 0 bridgehead atoms. The monoisotopic (exact) mass is 930 g/mol. The summed E-state index contributed by atoms with van der Waals surface area (Å²) in [7, 11) is 0.